The summed E-state index contributed by atoms with van der Waals surface area (Å²) >= 11 is 3.14. The topological polar surface area (TPSA) is 103 Å². The number of nitrogens with zero attached hydrogens (tertiary/aromatic N) is 2. The number of sulfone groups is 1. The van der Waals surface area contributed by atoms with Gasteiger partial charge < -0.3 is 4.74 Å². The molecule has 0 amide bonds. The first-order valence-corrected chi connectivity index (χ1v) is 9.50. The molecule has 0 bridgehead atoms. The molecule has 0 aliphatic rings. The van der Waals surface area contributed by atoms with Gasteiger partial charge in [-0.1, -0.05) is 17.7 Å². The molecule has 1 unspecified atom stereocenters. The molecule has 0 N–H and O–H groups in total. The molecule has 0 spiro atoms. The van der Waals surface area contributed by atoms with Gasteiger partial charge in [0.05, 0.1) is 24.1 Å². The smallest absolute Gasteiger partial charge is 0.307 e. The van der Waals surface area contributed by atoms with Crippen LogP contribution in [0.4, 0.5) is 5.69 Å². The lowest BCUT2D eigenvalue weighted by atomic mass is 10.2. The quantitative estimate of drug-likeness (QED) is 0.396. The molecule has 0 aliphatic heterocycles. The van der Waals surface area contributed by atoms with E-state index in [-0.39, 0.29) is 16.3 Å². The van der Waals surface area contributed by atoms with Crippen molar-refractivity contribution in [3.8, 4) is 0 Å². The van der Waals surface area contributed by atoms with E-state index in [1.165, 1.54) is 24.3 Å². The van der Waals surface area contributed by atoms with Gasteiger partial charge in [-0.05, 0) is 52.3 Å². The molecule has 2 aromatic rings. The molecule has 0 aliphatic carbocycles. The van der Waals surface area contributed by atoms with Crippen molar-refractivity contribution in [2.75, 3.05) is 7.11 Å². The van der Waals surface area contributed by atoms with Crippen LogP contribution in [0.15, 0.2) is 51.1 Å². The van der Waals surface area contributed by atoms with Crippen LogP contribution in [0.25, 0.3) is 0 Å². The minimum Gasteiger partial charge on any atom is -0.469 e. The molecule has 0 radical (unpaired) electrons. The predicted molar refractivity (Wildman–Crippen MR) is 95.1 cm³/mol. The summed E-state index contributed by atoms with van der Waals surface area (Å²) in [6.45, 7) is 1.83. The first kappa shape index (κ1) is 19.2. The van der Waals surface area contributed by atoms with Gasteiger partial charge in [0, 0.05) is 0 Å². The number of esters is 1. The Morgan fingerprint density at radius 1 is 1.24 bits per heavy atom. The Kier molecular flexibility index (Phi) is 6.02. The molecule has 1 atom stereocenters. The van der Waals surface area contributed by atoms with Crippen molar-refractivity contribution < 1.29 is 17.9 Å². The number of rotatable bonds is 6. The molecule has 7 nitrogen and oxygen atoms in total. The summed E-state index contributed by atoms with van der Waals surface area (Å²) in [7, 11) is -2.85. The maximum Gasteiger partial charge on any atom is 0.307 e. The summed E-state index contributed by atoms with van der Waals surface area (Å²) in [5.41, 5.74) is 0.641. The van der Waals surface area contributed by atoms with Crippen LogP contribution >= 0.6 is 15.9 Å². The van der Waals surface area contributed by atoms with Gasteiger partial charge in [-0.15, -0.1) is 4.91 Å². The van der Waals surface area contributed by atoms with E-state index < -0.39 is 27.5 Å². The second-order valence-electron chi connectivity index (χ2n) is 5.26. The largest absolute Gasteiger partial charge is 0.469 e. The number of aryl methyl sites for hydroxylation is 1. The monoisotopic (exact) mass is 426 g/mol. The number of hydrogen-bond donors (Lipinski definition) is 0. The van der Waals surface area contributed by atoms with Gasteiger partial charge >= 0.3 is 5.97 Å². The maximum absolute atomic E-state index is 13.1. The number of methoxy groups -OCH3 is 1. The number of aromatic nitrogens is 1. The molecule has 1 aromatic heterocycles. The van der Waals surface area contributed by atoms with E-state index in [4.69, 9.17) is 0 Å². The van der Waals surface area contributed by atoms with E-state index in [1.807, 2.05) is 6.92 Å². The highest BCUT2D eigenvalue weighted by Crippen LogP contribution is 2.37. The fraction of sp³-hybridized carbons (Fsp3) is 0.250. The molecule has 1 heterocycles. The van der Waals surface area contributed by atoms with Crippen molar-refractivity contribution in [2.45, 2.75) is 23.5 Å². The number of pyridine rings is 1. The number of ether oxygens (including phenoxy) is 1. The minimum atomic E-state index is -4.01. The minimum absolute atomic E-state index is 0.0191. The van der Waals surface area contributed by atoms with Gasteiger partial charge in [-0.25, -0.2) is 13.4 Å². The van der Waals surface area contributed by atoms with Gasteiger partial charge in [0.2, 0.25) is 0 Å². The first-order chi connectivity index (χ1) is 11.8. The summed E-state index contributed by atoms with van der Waals surface area (Å²) in [6, 6.07) is 8.99. The van der Waals surface area contributed by atoms with E-state index in [0.29, 0.717) is 4.60 Å². The Hall–Kier alpha value is -2.13. The molecule has 132 valence electrons. The van der Waals surface area contributed by atoms with Crippen molar-refractivity contribution in [1.29, 1.82) is 0 Å². The molecule has 9 heteroatoms. The molecule has 2 rings (SSSR count). The van der Waals surface area contributed by atoms with Crippen molar-refractivity contribution in [3.05, 3.63) is 57.2 Å². The van der Waals surface area contributed by atoms with E-state index in [1.54, 1.807) is 12.1 Å². The highest BCUT2D eigenvalue weighted by atomic mass is 79.9. The zero-order chi connectivity index (χ0) is 18.6. The molecule has 1 aromatic carbocycles. The Morgan fingerprint density at radius 3 is 2.44 bits per heavy atom. The fourth-order valence-electron chi connectivity index (χ4n) is 2.24. The van der Waals surface area contributed by atoms with Crippen LogP contribution in [-0.2, 0) is 19.4 Å². The van der Waals surface area contributed by atoms with Crippen LogP contribution in [0.3, 0.4) is 0 Å². The summed E-state index contributed by atoms with van der Waals surface area (Å²) in [5, 5.41) is 1.44. The second kappa shape index (κ2) is 7.83. The number of halogens is 1. The highest BCUT2D eigenvalue weighted by Gasteiger charge is 2.35. The van der Waals surface area contributed by atoms with Gasteiger partial charge in [0.15, 0.2) is 9.84 Å². The molecular weight excluding hydrogens is 412 g/mol. The average molecular weight is 427 g/mol. The third-order valence-electron chi connectivity index (χ3n) is 3.58. The Bertz CT molecular complexity index is 897. The van der Waals surface area contributed by atoms with Crippen LogP contribution in [-0.4, -0.2) is 26.5 Å². The zero-order valence-electron chi connectivity index (χ0n) is 13.5. The number of nitroso groups, excluding NO2 is 1. The lowest BCUT2D eigenvalue weighted by Gasteiger charge is -2.17. The number of carbonyl (C=O) groups excluding carboxylic acids is 1. The van der Waals surface area contributed by atoms with E-state index in [2.05, 4.69) is 30.8 Å². The van der Waals surface area contributed by atoms with E-state index in [9.17, 15) is 18.1 Å². The van der Waals surface area contributed by atoms with Crippen molar-refractivity contribution in [2.24, 2.45) is 5.18 Å². The lowest BCUT2D eigenvalue weighted by molar-refractivity contribution is -0.140. The van der Waals surface area contributed by atoms with Crippen LogP contribution in [0.5, 0.6) is 0 Å². The number of carbonyl (C=O) groups is 1. The SMILES string of the molecule is COC(=O)CC(c1nc(Br)ccc1N=O)S(=O)(=O)c1ccc(C)cc1. The standard InChI is InChI=1S/C16H15BrN2O5S/c1-10-3-5-11(6-4-10)25(22,23)13(9-15(20)24-2)16-12(19-21)7-8-14(17)18-16/h3-8,13H,9H2,1-2H3. The highest BCUT2D eigenvalue weighted by molar-refractivity contribution is 9.10. The Morgan fingerprint density at radius 2 is 1.88 bits per heavy atom. The van der Waals surface area contributed by atoms with Gasteiger partial charge in [0.1, 0.15) is 15.5 Å². The number of hydrogen-bond acceptors (Lipinski definition) is 7. The van der Waals surface area contributed by atoms with Gasteiger partial charge in [-0.2, -0.15) is 0 Å². The third kappa shape index (κ3) is 4.29. The first-order valence-electron chi connectivity index (χ1n) is 7.16. The zero-order valence-corrected chi connectivity index (χ0v) is 15.9. The van der Waals surface area contributed by atoms with Crippen LogP contribution in [0.2, 0.25) is 0 Å². The lowest BCUT2D eigenvalue weighted by Crippen LogP contribution is -2.20. The molecular formula is C16H15BrN2O5S. The second-order valence-corrected chi connectivity index (χ2v) is 8.20. The van der Waals surface area contributed by atoms with Crippen LogP contribution in [0, 0.1) is 11.8 Å². The predicted octanol–water partition coefficient (Wildman–Crippen LogP) is 3.63. The van der Waals surface area contributed by atoms with Crippen molar-refractivity contribution in [1.82, 2.24) is 4.98 Å². The Balaban J connectivity index is 2.64. The van der Waals surface area contributed by atoms with Crippen molar-refractivity contribution in [3.63, 3.8) is 0 Å². The maximum atomic E-state index is 13.1. The summed E-state index contributed by atoms with van der Waals surface area (Å²) in [5.74, 6) is -0.737. The normalized spacial score (nSPS) is 12.4. The summed E-state index contributed by atoms with van der Waals surface area (Å²) in [6.07, 6.45) is -0.487. The average Bonchev–Trinajstić information content (AvgIpc) is 2.59. The van der Waals surface area contributed by atoms with Gasteiger partial charge in [0.25, 0.3) is 0 Å². The third-order valence-corrected chi connectivity index (χ3v) is 6.09. The summed E-state index contributed by atoms with van der Waals surface area (Å²) in [4.78, 5) is 27.0. The fourth-order valence-corrected chi connectivity index (χ4v) is 4.23. The van der Waals surface area contributed by atoms with E-state index >= 15 is 0 Å². The Labute approximate surface area is 153 Å². The molecule has 0 saturated carbocycles. The van der Waals surface area contributed by atoms with Crippen LogP contribution < -0.4 is 0 Å². The van der Waals surface area contributed by atoms with Crippen LogP contribution in [0.1, 0.15) is 22.9 Å². The summed E-state index contributed by atoms with van der Waals surface area (Å²) < 4.78 is 31.1. The molecule has 0 fully saturated rings. The van der Waals surface area contributed by atoms with Gasteiger partial charge in [-0.3, -0.25) is 4.79 Å². The number of benzene rings is 1. The molecule has 0 saturated heterocycles. The van der Waals surface area contributed by atoms with Crippen molar-refractivity contribution >= 4 is 37.4 Å². The van der Waals surface area contributed by atoms with E-state index in [0.717, 1.165) is 12.7 Å². The molecule has 25 heavy (non-hydrogen) atoms.